The van der Waals surface area contributed by atoms with Gasteiger partial charge in [-0.2, -0.15) is 0 Å². The third-order valence-electron chi connectivity index (χ3n) is 6.59. The van der Waals surface area contributed by atoms with Crippen molar-refractivity contribution in [2.24, 2.45) is 0 Å². The van der Waals surface area contributed by atoms with E-state index in [1.165, 1.54) is 21.9 Å². The SMILES string of the molecule is Cc1ccc2c(c1)O[C@H](C(=O)N[C@@H](C)c1ccc3c(c1)CCC3)CN2S(=O)(=O)c1ccccc1. The molecule has 7 heteroatoms. The number of carbonyl (C=O) groups excluding carboxylic acids is 1. The minimum atomic E-state index is -3.87. The third-order valence-corrected chi connectivity index (χ3v) is 8.38. The van der Waals surface area contributed by atoms with E-state index in [0.29, 0.717) is 11.4 Å². The van der Waals surface area contributed by atoms with Gasteiger partial charge in [0.05, 0.1) is 23.2 Å². The molecule has 0 bridgehead atoms. The summed E-state index contributed by atoms with van der Waals surface area (Å²) in [6, 6.07) is 19.7. The van der Waals surface area contributed by atoms with Crippen LogP contribution in [0.3, 0.4) is 0 Å². The van der Waals surface area contributed by atoms with Crippen molar-refractivity contribution in [3.8, 4) is 5.75 Å². The van der Waals surface area contributed by atoms with Gasteiger partial charge in [0.15, 0.2) is 6.10 Å². The number of nitrogens with one attached hydrogen (secondary N) is 1. The van der Waals surface area contributed by atoms with E-state index in [9.17, 15) is 13.2 Å². The lowest BCUT2D eigenvalue weighted by molar-refractivity contribution is -0.128. The Bertz CT molecular complexity index is 1340. The van der Waals surface area contributed by atoms with Crippen LogP contribution in [0.2, 0.25) is 0 Å². The molecule has 3 aromatic rings. The molecule has 34 heavy (non-hydrogen) atoms. The Balaban J connectivity index is 1.41. The van der Waals surface area contributed by atoms with Crippen LogP contribution in [0.1, 0.15) is 41.6 Å². The Morgan fingerprint density at radius 3 is 2.59 bits per heavy atom. The smallest absolute Gasteiger partial charge is 0.264 e. The first kappa shape index (κ1) is 22.5. The van der Waals surface area contributed by atoms with Gasteiger partial charge in [-0.15, -0.1) is 0 Å². The van der Waals surface area contributed by atoms with Gasteiger partial charge < -0.3 is 10.1 Å². The van der Waals surface area contributed by atoms with Crippen LogP contribution in [0.5, 0.6) is 5.75 Å². The van der Waals surface area contributed by atoms with Crippen LogP contribution in [-0.2, 0) is 27.7 Å². The highest BCUT2D eigenvalue weighted by Crippen LogP contribution is 2.38. The highest BCUT2D eigenvalue weighted by molar-refractivity contribution is 7.92. The van der Waals surface area contributed by atoms with E-state index in [1.54, 1.807) is 42.5 Å². The number of ether oxygens (including phenoxy) is 1. The van der Waals surface area contributed by atoms with Gasteiger partial charge in [0.25, 0.3) is 15.9 Å². The fourth-order valence-electron chi connectivity index (χ4n) is 4.70. The molecule has 2 atom stereocenters. The number of aryl methyl sites for hydroxylation is 3. The second-order valence-corrected chi connectivity index (χ2v) is 10.9. The van der Waals surface area contributed by atoms with Gasteiger partial charge in [-0.25, -0.2) is 8.42 Å². The Hall–Kier alpha value is -3.32. The normalized spacial score (nSPS) is 17.9. The summed E-state index contributed by atoms with van der Waals surface area (Å²) in [6.45, 7) is 3.74. The maximum atomic E-state index is 13.5. The van der Waals surface area contributed by atoms with Crippen LogP contribution in [-0.4, -0.2) is 27.0 Å². The van der Waals surface area contributed by atoms with Crippen LogP contribution in [0, 0.1) is 6.92 Å². The van der Waals surface area contributed by atoms with Crippen molar-refractivity contribution < 1.29 is 17.9 Å². The lowest BCUT2D eigenvalue weighted by Gasteiger charge is -2.35. The number of fused-ring (bicyclic) bond motifs is 2. The van der Waals surface area contributed by atoms with Crippen molar-refractivity contribution >= 4 is 21.6 Å². The summed E-state index contributed by atoms with van der Waals surface area (Å²) < 4.78 is 34.3. The van der Waals surface area contributed by atoms with Crippen LogP contribution in [0.15, 0.2) is 71.6 Å². The van der Waals surface area contributed by atoms with Gasteiger partial charge in [-0.05, 0) is 79.6 Å². The summed E-state index contributed by atoms with van der Waals surface area (Å²) in [5.41, 5.74) is 5.12. The number of benzene rings is 3. The molecule has 6 nitrogen and oxygen atoms in total. The van der Waals surface area contributed by atoms with E-state index in [2.05, 4.69) is 23.5 Å². The molecule has 0 saturated carbocycles. The minimum absolute atomic E-state index is 0.101. The first-order chi connectivity index (χ1) is 16.3. The molecular weight excluding hydrogens is 448 g/mol. The number of hydrogen-bond acceptors (Lipinski definition) is 4. The highest BCUT2D eigenvalue weighted by atomic mass is 32.2. The molecule has 1 aliphatic carbocycles. The number of rotatable bonds is 5. The summed E-state index contributed by atoms with van der Waals surface area (Å²) in [4.78, 5) is 13.4. The molecule has 176 valence electrons. The minimum Gasteiger partial charge on any atom is -0.476 e. The van der Waals surface area contributed by atoms with Gasteiger partial charge in [0.2, 0.25) is 0 Å². The van der Waals surface area contributed by atoms with Crippen molar-refractivity contribution in [1.82, 2.24) is 5.32 Å². The van der Waals surface area contributed by atoms with E-state index in [0.717, 1.165) is 24.0 Å². The number of carbonyl (C=O) groups is 1. The number of hydrogen-bond donors (Lipinski definition) is 1. The second-order valence-electron chi connectivity index (χ2n) is 9.04. The lowest BCUT2D eigenvalue weighted by Crippen LogP contribution is -2.51. The zero-order valence-electron chi connectivity index (χ0n) is 19.3. The lowest BCUT2D eigenvalue weighted by atomic mass is 10.0. The second kappa shape index (κ2) is 8.80. The van der Waals surface area contributed by atoms with E-state index in [-0.39, 0.29) is 23.4 Å². The molecule has 1 amide bonds. The molecule has 0 radical (unpaired) electrons. The molecule has 1 N–H and O–H groups in total. The topological polar surface area (TPSA) is 75.7 Å². The molecular formula is C27H28N2O4S. The Morgan fingerprint density at radius 2 is 1.79 bits per heavy atom. The molecule has 0 fully saturated rings. The first-order valence-corrected chi connectivity index (χ1v) is 13.0. The van der Waals surface area contributed by atoms with E-state index in [1.807, 2.05) is 19.9 Å². The highest BCUT2D eigenvalue weighted by Gasteiger charge is 2.38. The maximum Gasteiger partial charge on any atom is 0.264 e. The molecule has 0 spiro atoms. The quantitative estimate of drug-likeness (QED) is 0.595. The van der Waals surface area contributed by atoms with Crippen molar-refractivity contribution in [1.29, 1.82) is 0 Å². The van der Waals surface area contributed by atoms with Gasteiger partial charge in [-0.1, -0.05) is 42.5 Å². The molecule has 2 aliphatic rings. The molecule has 3 aromatic carbocycles. The Morgan fingerprint density at radius 1 is 1.03 bits per heavy atom. The Kier molecular flexibility index (Phi) is 5.81. The molecule has 0 aromatic heterocycles. The zero-order chi connectivity index (χ0) is 23.9. The van der Waals surface area contributed by atoms with Gasteiger partial charge in [-0.3, -0.25) is 9.10 Å². The van der Waals surface area contributed by atoms with E-state index >= 15 is 0 Å². The van der Waals surface area contributed by atoms with Gasteiger partial charge in [0.1, 0.15) is 5.75 Å². The fourth-order valence-corrected chi connectivity index (χ4v) is 6.19. The fraction of sp³-hybridized carbons (Fsp3) is 0.296. The average Bonchev–Trinajstić information content (AvgIpc) is 3.31. The standard InChI is InChI=1S/C27H28N2O4S/c1-18-11-14-24-25(15-18)33-26(17-29(24)34(31,32)23-9-4-3-5-10-23)27(30)28-19(2)21-13-12-20-7-6-8-22(20)16-21/h3-5,9-16,19,26H,6-8,17H2,1-2H3,(H,28,30)/t19-,26-/m0/s1. The molecule has 5 rings (SSSR count). The van der Waals surface area contributed by atoms with Crippen LogP contribution in [0.25, 0.3) is 0 Å². The van der Waals surface area contributed by atoms with Crippen LogP contribution >= 0.6 is 0 Å². The van der Waals surface area contributed by atoms with E-state index < -0.39 is 16.1 Å². The molecule has 0 unspecified atom stereocenters. The molecule has 0 saturated heterocycles. The zero-order valence-corrected chi connectivity index (χ0v) is 20.1. The summed E-state index contributed by atoms with van der Waals surface area (Å²) in [5.74, 6) is 0.0458. The average molecular weight is 477 g/mol. The number of nitrogens with zero attached hydrogens (tertiary/aromatic N) is 1. The van der Waals surface area contributed by atoms with Crippen molar-refractivity contribution in [3.05, 3.63) is 89.0 Å². The third kappa shape index (κ3) is 4.16. The molecule has 1 heterocycles. The van der Waals surface area contributed by atoms with Gasteiger partial charge in [0, 0.05) is 0 Å². The summed E-state index contributed by atoms with van der Waals surface area (Å²) in [6.07, 6.45) is 2.37. The number of anilines is 1. The Labute approximate surface area is 200 Å². The van der Waals surface area contributed by atoms with Gasteiger partial charge >= 0.3 is 0 Å². The summed E-state index contributed by atoms with van der Waals surface area (Å²) in [7, 11) is -3.87. The van der Waals surface area contributed by atoms with Crippen LogP contribution < -0.4 is 14.4 Å². The van der Waals surface area contributed by atoms with Crippen molar-refractivity contribution in [3.63, 3.8) is 0 Å². The maximum absolute atomic E-state index is 13.5. The predicted octanol–water partition coefficient (Wildman–Crippen LogP) is 4.32. The monoisotopic (exact) mass is 476 g/mol. The summed E-state index contributed by atoms with van der Waals surface area (Å²) >= 11 is 0. The van der Waals surface area contributed by atoms with Crippen molar-refractivity contribution in [2.75, 3.05) is 10.8 Å². The largest absolute Gasteiger partial charge is 0.476 e. The number of amides is 1. The predicted molar refractivity (Wildman–Crippen MR) is 132 cm³/mol. The number of sulfonamides is 1. The first-order valence-electron chi connectivity index (χ1n) is 11.6. The van der Waals surface area contributed by atoms with Crippen LogP contribution in [0.4, 0.5) is 5.69 Å². The summed E-state index contributed by atoms with van der Waals surface area (Å²) in [5, 5.41) is 3.03. The van der Waals surface area contributed by atoms with E-state index in [4.69, 9.17) is 4.74 Å². The molecule has 1 aliphatic heterocycles. The van der Waals surface area contributed by atoms with Crippen molar-refractivity contribution in [2.45, 2.75) is 50.2 Å².